The lowest BCUT2D eigenvalue weighted by molar-refractivity contribution is 0.472. The molecule has 0 saturated heterocycles. The lowest BCUT2D eigenvalue weighted by atomic mass is 10.3. The van der Waals surface area contributed by atoms with Gasteiger partial charge in [0.15, 0.2) is 10.7 Å². The number of rotatable bonds is 4. The summed E-state index contributed by atoms with van der Waals surface area (Å²) in [6, 6.07) is 3.53. The van der Waals surface area contributed by atoms with Crippen molar-refractivity contribution in [3.05, 3.63) is 48.0 Å². The Morgan fingerprint density at radius 2 is 1.33 bits per heavy atom. The molecule has 12 heteroatoms. The molecule has 2 rings (SSSR count). The van der Waals surface area contributed by atoms with E-state index in [9.17, 15) is 34.0 Å². The number of sulfone groups is 1. The molecule has 0 aliphatic carbocycles. The third kappa shape index (κ3) is 3.45. The molecule has 24 heavy (non-hydrogen) atoms. The fourth-order valence-corrected chi connectivity index (χ4v) is 4.34. The van der Waals surface area contributed by atoms with Crippen molar-refractivity contribution in [2.24, 2.45) is 0 Å². The monoisotopic (exact) mass is 398 g/mol. The molecule has 0 heterocycles. The molecule has 130 valence electrons. The van der Waals surface area contributed by atoms with E-state index in [2.05, 4.69) is 0 Å². The Bertz CT molecular complexity index is 1100. The van der Waals surface area contributed by atoms with Gasteiger partial charge in [-0.05, 0) is 36.4 Å². The molecule has 7 nitrogen and oxygen atoms in total. The van der Waals surface area contributed by atoms with Crippen LogP contribution in [0.1, 0.15) is 0 Å². The number of hydrogen-bond donors (Lipinski definition) is 2. The topological polar surface area (TPSA) is 123 Å². The zero-order chi connectivity index (χ0) is 18.3. The molecule has 2 aromatic rings. The molecule has 0 unspecified atom stereocenters. The summed E-state index contributed by atoms with van der Waals surface area (Å²) in [6.45, 7) is 0. The van der Waals surface area contributed by atoms with E-state index in [0.29, 0.717) is 24.3 Å². The zero-order valence-corrected chi connectivity index (χ0v) is 13.9. The molecule has 0 amide bonds. The van der Waals surface area contributed by atoms with Gasteiger partial charge < -0.3 is 0 Å². The smallest absolute Gasteiger partial charge is 0.282 e. The lowest BCUT2D eigenvalue weighted by Gasteiger charge is -2.07. The highest BCUT2D eigenvalue weighted by atomic mass is 32.2. The van der Waals surface area contributed by atoms with E-state index in [0.717, 1.165) is 12.1 Å². The molecule has 1 N–H and O–H groups in total. The molecule has 0 aliphatic heterocycles. The van der Waals surface area contributed by atoms with E-state index in [1.165, 1.54) is 0 Å². The van der Waals surface area contributed by atoms with Crippen molar-refractivity contribution in [3.63, 3.8) is 0 Å². The van der Waals surface area contributed by atoms with E-state index < -0.39 is 61.9 Å². The van der Waals surface area contributed by atoms with Gasteiger partial charge in [-0.15, -0.1) is 0 Å². The van der Waals surface area contributed by atoms with Crippen LogP contribution in [0.3, 0.4) is 0 Å². The standard InChI is InChI=1S/C12H8F2O7S3/c13-9-3-1-7(5-11(9)22(15)16)23(17,18)8-2-4-10(14)12(6-8)24(19,20)21/h1-6,22H,(H,19,20,21). The van der Waals surface area contributed by atoms with Crippen molar-refractivity contribution in [2.45, 2.75) is 19.6 Å². The van der Waals surface area contributed by atoms with Crippen LogP contribution in [0.15, 0.2) is 56.0 Å². The summed E-state index contributed by atoms with van der Waals surface area (Å²) < 4.78 is 104. The highest BCUT2D eigenvalue weighted by Gasteiger charge is 2.24. The van der Waals surface area contributed by atoms with Gasteiger partial charge in [-0.2, -0.15) is 8.42 Å². The van der Waals surface area contributed by atoms with Crippen LogP contribution in [0.4, 0.5) is 8.78 Å². The molecule has 0 atom stereocenters. The Morgan fingerprint density at radius 1 is 0.833 bits per heavy atom. The molecule has 0 spiro atoms. The molecule has 0 radical (unpaired) electrons. The molecular weight excluding hydrogens is 390 g/mol. The Labute approximate surface area is 137 Å². The summed E-state index contributed by atoms with van der Waals surface area (Å²) in [5.74, 6) is -2.54. The minimum Gasteiger partial charge on any atom is -0.282 e. The second kappa shape index (κ2) is 6.20. The van der Waals surface area contributed by atoms with E-state index >= 15 is 0 Å². The van der Waals surface area contributed by atoms with Crippen LogP contribution >= 0.6 is 0 Å². The Kier molecular flexibility index (Phi) is 4.77. The van der Waals surface area contributed by atoms with Crippen LogP contribution in [-0.2, 0) is 30.7 Å². The van der Waals surface area contributed by atoms with Gasteiger partial charge in [-0.25, -0.2) is 25.6 Å². The molecule has 0 aliphatic rings. The fraction of sp³-hybridized carbons (Fsp3) is 0. The second-order valence-corrected chi connectivity index (χ2v) is 8.78. The van der Waals surface area contributed by atoms with E-state index in [1.54, 1.807) is 0 Å². The number of benzene rings is 2. The van der Waals surface area contributed by atoms with Crippen LogP contribution in [0.2, 0.25) is 0 Å². The maximum absolute atomic E-state index is 13.4. The Morgan fingerprint density at radius 3 is 1.83 bits per heavy atom. The molecule has 2 aromatic carbocycles. The van der Waals surface area contributed by atoms with Gasteiger partial charge in [0.2, 0.25) is 9.84 Å². The van der Waals surface area contributed by atoms with Crippen molar-refractivity contribution < 1.29 is 38.6 Å². The van der Waals surface area contributed by atoms with Gasteiger partial charge >= 0.3 is 0 Å². The van der Waals surface area contributed by atoms with Crippen molar-refractivity contribution >= 4 is 30.7 Å². The van der Waals surface area contributed by atoms with Gasteiger partial charge in [0.1, 0.15) is 21.4 Å². The first-order valence-corrected chi connectivity index (χ1v) is 10.0. The Hall–Kier alpha value is -1.89. The van der Waals surface area contributed by atoms with Crippen LogP contribution in [0.25, 0.3) is 0 Å². The van der Waals surface area contributed by atoms with Gasteiger partial charge in [0, 0.05) is 0 Å². The normalized spacial score (nSPS) is 12.5. The molecular formula is C12H8F2O7S3. The van der Waals surface area contributed by atoms with Gasteiger partial charge in [0.25, 0.3) is 10.1 Å². The highest BCUT2D eigenvalue weighted by molar-refractivity contribution is 7.91. The first kappa shape index (κ1) is 18.4. The van der Waals surface area contributed by atoms with Gasteiger partial charge in [-0.3, -0.25) is 4.55 Å². The number of halogens is 2. The first-order chi connectivity index (χ1) is 10.9. The largest absolute Gasteiger partial charge is 0.297 e. The van der Waals surface area contributed by atoms with E-state index in [-0.39, 0.29) is 0 Å². The minimum atomic E-state index is -5.02. The van der Waals surface area contributed by atoms with Crippen LogP contribution in [0, 0.1) is 11.6 Å². The Balaban J connectivity index is 2.71. The van der Waals surface area contributed by atoms with Gasteiger partial charge in [-0.1, -0.05) is 0 Å². The summed E-state index contributed by atoms with van der Waals surface area (Å²) in [5, 5.41) is 0. The minimum absolute atomic E-state index is 0.375. The summed E-state index contributed by atoms with van der Waals surface area (Å²) >= 11 is 0. The summed E-state index contributed by atoms with van der Waals surface area (Å²) in [6.07, 6.45) is 0. The second-order valence-electron chi connectivity index (χ2n) is 4.44. The average Bonchev–Trinajstić information content (AvgIpc) is 2.46. The summed E-state index contributed by atoms with van der Waals surface area (Å²) in [5.41, 5.74) is 0. The third-order valence-corrected chi connectivity index (χ3v) is 6.27. The van der Waals surface area contributed by atoms with Crippen molar-refractivity contribution in [1.82, 2.24) is 0 Å². The molecule has 0 fully saturated rings. The SMILES string of the molecule is O=[SH](=O)c1cc(S(=O)(=O)c2ccc(F)c(S(=O)(=O)O)c2)ccc1F. The maximum atomic E-state index is 13.4. The maximum Gasteiger partial charge on any atom is 0.297 e. The van der Waals surface area contributed by atoms with Crippen molar-refractivity contribution in [3.8, 4) is 0 Å². The van der Waals surface area contributed by atoms with Crippen molar-refractivity contribution in [2.75, 3.05) is 0 Å². The number of hydrogen-bond acceptors (Lipinski definition) is 6. The van der Waals surface area contributed by atoms with Crippen LogP contribution in [0.5, 0.6) is 0 Å². The molecule has 0 saturated carbocycles. The number of thiol groups is 1. The predicted molar refractivity (Wildman–Crippen MR) is 76.6 cm³/mol. The predicted octanol–water partition coefficient (Wildman–Crippen LogP) is 1.01. The average molecular weight is 398 g/mol. The summed E-state index contributed by atoms with van der Waals surface area (Å²) in [4.78, 5) is -3.51. The molecule has 0 bridgehead atoms. The van der Waals surface area contributed by atoms with Crippen LogP contribution < -0.4 is 0 Å². The molecule has 0 aromatic heterocycles. The quantitative estimate of drug-likeness (QED) is 0.448. The zero-order valence-electron chi connectivity index (χ0n) is 11.4. The van der Waals surface area contributed by atoms with Crippen molar-refractivity contribution in [1.29, 1.82) is 0 Å². The third-order valence-electron chi connectivity index (χ3n) is 2.92. The van der Waals surface area contributed by atoms with E-state index in [4.69, 9.17) is 4.55 Å². The summed E-state index contributed by atoms with van der Waals surface area (Å²) in [7, 11) is -12.9. The first-order valence-electron chi connectivity index (χ1n) is 5.90. The van der Waals surface area contributed by atoms with Gasteiger partial charge in [0.05, 0.1) is 9.79 Å². The highest BCUT2D eigenvalue weighted by Crippen LogP contribution is 2.26. The van der Waals surface area contributed by atoms with Crippen LogP contribution in [-0.4, -0.2) is 29.8 Å². The lowest BCUT2D eigenvalue weighted by Crippen LogP contribution is -2.07. The fourth-order valence-electron chi connectivity index (χ4n) is 1.78. The van der Waals surface area contributed by atoms with E-state index in [1.807, 2.05) is 0 Å².